The zero-order valence-electron chi connectivity index (χ0n) is 5.38. The molecule has 10 heavy (non-hydrogen) atoms. The fourth-order valence-corrected chi connectivity index (χ4v) is 0.632. The van der Waals surface area contributed by atoms with Crippen molar-refractivity contribution < 1.29 is 0 Å². The first-order valence-corrected chi connectivity index (χ1v) is 2.70. The van der Waals surface area contributed by atoms with Gasteiger partial charge in [-0.2, -0.15) is 5.26 Å². The van der Waals surface area contributed by atoms with Crippen LogP contribution >= 0.6 is 0 Å². The maximum atomic E-state index is 10.6. The second-order valence-corrected chi connectivity index (χ2v) is 1.85. The van der Waals surface area contributed by atoms with Gasteiger partial charge in [0.15, 0.2) is 0 Å². The Hall–Kier alpha value is -1.63. The minimum Gasteiger partial charge on any atom is -0.298 e. The van der Waals surface area contributed by atoms with Gasteiger partial charge in [0.2, 0.25) is 5.82 Å². The molecule has 0 saturated carbocycles. The van der Waals surface area contributed by atoms with Crippen molar-refractivity contribution >= 4 is 0 Å². The summed E-state index contributed by atoms with van der Waals surface area (Å²) in [5, 5.41) is 8.30. The first kappa shape index (κ1) is 6.49. The maximum Gasteiger partial charge on any atom is 0.251 e. The minimum absolute atomic E-state index is 0.0602. The van der Waals surface area contributed by atoms with E-state index in [1.807, 2.05) is 0 Å². The third-order valence-corrected chi connectivity index (χ3v) is 0.976. The van der Waals surface area contributed by atoms with E-state index >= 15 is 0 Å². The van der Waals surface area contributed by atoms with Crippen molar-refractivity contribution in [1.82, 2.24) is 9.97 Å². The molecular weight excluding hydrogens is 130 g/mol. The quantitative estimate of drug-likeness (QED) is 0.542. The lowest BCUT2D eigenvalue weighted by Crippen LogP contribution is -2.08. The van der Waals surface area contributed by atoms with Crippen LogP contribution in [0.2, 0.25) is 0 Å². The number of aryl methyl sites for hydroxylation is 1. The minimum atomic E-state index is -0.288. The zero-order chi connectivity index (χ0) is 7.56. The number of hydrogen-bond acceptors (Lipinski definition) is 3. The Morgan fingerprint density at radius 2 is 2.50 bits per heavy atom. The SMILES string of the molecule is Cc1cc(=O)[nH]c(C#N)n1. The molecule has 0 atom stereocenters. The van der Waals surface area contributed by atoms with Crippen molar-refractivity contribution in [2.45, 2.75) is 6.92 Å². The molecule has 4 heteroatoms. The number of hydrogen-bond donors (Lipinski definition) is 1. The van der Waals surface area contributed by atoms with Gasteiger partial charge in [-0.15, -0.1) is 0 Å². The van der Waals surface area contributed by atoms with Crippen LogP contribution in [0.4, 0.5) is 0 Å². The summed E-state index contributed by atoms with van der Waals surface area (Å²) >= 11 is 0. The van der Waals surface area contributed by atoms with Crippen LogP contribution in [0.5, 0.6) is 0 Å². The van der Waals surface area contributed by atoms with Crippen LogP contribution in [-0.2, 0) is 0 Å². The number of nitriles is 1. The Balaban J connectivity index is 3.36. The maximum absolute atomic E-state index is 10.6. The molecule has 0 bridgehead atoms. The van der Waals surface area contributed by atoms with Crippen molar-refractivity contribution in [3.8, 4) is 6.07 Å². The standard InChI is InChI=1S/C6H5N3O/c1-4-2-6(10)9-5(3-7)8-4/h2H,1H3,(H,8,9,10). The van der Waals surface area contributed by atoms with Crippen LogP contribution in [0.1, 0.15) is 11.5 Å². The van der Waals surface area contributed by atoms with Crippen molar-refractivity contribution in [2.75, 3.05) is 0 Å². The molecule has 0 aliphatic heterocycles. The number of aromatic amines is 1. The lowest BCUT2D eigenvalue weighted by Gasteiger charge is -1.88. The van der Waals surface area contributed by atoms with Crippen molar-refractivity contribution in [2.24, 2.45) is 0 Å². The summed E-state index contributed by atoms with van der Waals surface area (Å²) in [5.74, 6) is 0.0602. The van der Waals surface area contributed by atoms with Crippen LogP contribution in [0.15, 0.2) is 10.9 Å². The highest BCUT2D eigenvalue weighted by molar-refractivity contribution is 5.11. The highest BCUT2D eigenvalue weighted by atomic mass is 16.1. The summed E-state index contributed by atoms with van der Waals surface area (Å²) in [6.07, 6.45) is 0. The summed E-state index contributed by atoms with van der Waals surface area (Å²) in [4.78, 5) is 16.6. The Labute approximate surface area is 57.2 Å². The van der Waals surface area contributed by atoms with Crippen molar-refractivity contribution in [1.29, 1.82) is 5.26 Å². The smallest absolute Gasteiger partial charge is 0.251 e. The van der Waals surface area contributed by atoms with Gasteiger partial charge in [0.05, 0.1) is 0 Å². The van der Waals surface area contributed by atoms with Crippen molar-refractivity contribution in [3.63, 3.8) is 0 Å². The van der Waals surface area contributed by atoms with Crippen molar-refractivity contribution in [3.05, 3.63) is 27.9 Å². The van der Waals surface area contributed by atoms with Gasteiger partial charge >= 0.3 is 0 Å². The molecule has 1 N–H and O–H groups in total. The monoisotopic (exact) mass is 135 g/mol. The van der Waals surface area contributed by atoms with Gasteiger partial charge in [-0.05, 0) is 6.92 Å². The number of nitrogens with zero attached hydrogens (tertiary/aromatic N) is 2. The third kappa shape index (κ3) is 1.20. The number of H-pyrrole nitrogens is 1. The zero-order valence-corrected chi connectivity index (χ0v) is 5.38. The molecule has 1 heterocycles. The van der Waals surface area contributed by atoms with Gasteiger partial charge in [0.1, 0.15) is 6.07 Å². The topological polar surface area (TPSA) is 69.5 Å². The first-order chi connectivity index (χ1) is 4.72. The summed E-state index contributed by atoms with van der Waals surface area (Å²) in [7, 11) is 0. The molecule has 1 rings (SSSR count). The lowest BCUT2D eigenvalue weighted by atomic mass is 10.4. The highest BCUT2D eigenvalue weighted by Crippen LogP contribution is 1.85. The van der Waals surface area contributed by atoms with Gasteiger partial charge < -0.3 is 0 Å². The fraction of sp³-hybridized carbons (Fsp3) is 0.167. The van der Waals surface area contributed by atoms with E-state index in [0.29, 0.717) is 5.69 Å². The van der Waals surface area contributed by atoms with E-state index in [9.17, 15) is 4.79 Å². The largest absolute Gasteiger partial charge is 0.298 e. The van der Waals surface area contributed by atoms with Crippen LogP contribution in [0.25, 0.3) is 0 Å². The van der Waals surface area contributed by atoms with Gasteiger partial charge in [0, 0.05) is 11.8 Å². The molecule has 0 aliphatic rings. The molecule has 0 spiro atoms. The predicted molar refractivity (Wildman–Crippen MR) is 34.3 cm³/mol. The highest BCUT2D eigenvalue weighted by Gasteiger charge is 1.93. The summed E-state index contributed by atoms with van der Waals surface area (Å²) in [6, 6.07) is 3.08. The number of aromatic nitrogens is 2. The summed E-state index contributed by atoms with van der Waals surface area (Å²) in [5.41, 5.74) is 0.268. The fourth-order valence-electron chi connectivity index (χ4n) is 0.632. The molecule has 0 unspecified atom stereocenters. The Morgan fingerprint density at radius 1 is 1.80 bits per heavy atom. The molecule has 0 saturated heterocycles. The molecular formula is C6H5N3O. The number of nitrogens with one attached hydrogen (secondary N) is 1. The van der Waals surface area contributed by atoms with E-state index in [0.717, 1.165) is 0 Å². The molecule has 50 valence electrons. The van der Waals surface area contributed by atoms with E-state index in [1.54, 1.807) is 13.0 Å². The summed E-state index contributed by atoms with van der Waals surface area (Å²) < 4.78 is 0. The van der Waals surface area contributed by atoms with Gasteiger partial charge in [-0.25, -0.2) is 4.98 Å². The van der Waals surface area contributed by atoms with E-state index in [-0.39, 0.29) is 11.4 Å². The second-order valence-electron chi connectivity index (χ2n) is 1.85. The van der Waals surface area contributed by atoms with Crippen LogP contribution < -0.4 is 5.56 Å². The van der Waals surface area contributed by atoms with E-state index in [2.05, 4.69) is 9.97 Å². The third-order valence-electron chi connectivity index (χ3n) is 0.976. The predicted octanol–water partition coefficient (Wildman–Crippen LogP) is -0.0500. The van der Waals surface area contributed by atoms with Crippen LogP contribution in [-0.4, -0.2) is 9.97 Å². The van der Waals surface area contributed by atoms with Crippen LogP contribution in [0, 0.1) is 18.3 Å². The second kappa shape index (κ2) is 2.31. The Kier molecular flexibility index (Phi) is 1.50. The number of rotatable bonds is 0. The molecule has 1 aromatic heterocycles. The molecule has 0 amide bonds. The normalized spacial score (nSPS) is 8.80. The van der Waals surface area contributed by atoms with E-state index in [1.165, 1.54) is 6.07 Å². The Morgan fingerprint density at radius 3 is 3.00 bits per heavy atom. The van der Waals surface area contributed by atoms with Gasteiger partial charge in [-0.3, -0.25) is 9.78 Å². The Bertz CT molecular complexity index is 334. The van der Waals surface area contributed by atoms with Crippen LogP contribution in [0.3, 0.4) is 0 Å². The molecule has 0 radical (unpaired) electrons. The van der Waals surface area contributed by atoms with E-state index < -0.39 is 0 Å². The molecule has 0 aromatic carbocycles. The average Bonchev–Trinajstić information content (AvgIpc) is 1.85. The first-order valence-electron chi connectivity index (χ1n) is 2.70. The molecule has 0 aliphatic carbocycles. The van der Waals surface area contributed by atoms with Gasteiger partial charge in [-0.1, -0.05) is 0 Å². The molecule has 4 nitrogen and oxygen atoms in total. The van der Waals surface area contributed by atoms with Gasteiger partial charge in [0.25, 0.3) is 5.56 Å². The lowest BCUT2D eigenvalue weighted by molar-refractivity contribution is 1.03. The molecule has 0 fully saturated rings. The summed E-state index contributed by atoms with van der Waals surface area (Å²) in [6.45, 7) is 1.66. The van der Waals surface area contributed by atoms with E-state index in [4.69, 9.17) is 5.26 Å². The molecule has 1 aromatic rings. The average molecular weight is 135 g/mol.